The minimum atomic E-state index is -0.276. The van der Waals surface area contributed by atoms with Crippen LogP contribution in [0.15, 0.2) is 59.5 Å². The molecule has 3 heterocycles. The molecule has 4 aromatic rings. The van der Waals surface area contributed by atoms with E-state index in [4.69, 9.17) is 27.9 Å². The quantitative estimate of drug-likeness (QED) is 0.430. The molecule has 0 N–H and O–H groups in total. The summed E-state index contributed by atoms with van der Waals surface area (Å²) >= 11 is 12.2. The van der Waals surface area contributed by atoms with Crippen LogP contribution in [0.25, 0.3) is 27.9 Å². The minimum absolute atomic E-state index is 0.00826. The van der Waals surface area contributed by atoms with E-state index in [1.807, 2.05) is 48.5 Å². The lowest BCUT2D eigenvalue weighted by atomic mass is 9.97. The monoisotopic (exact) mass is 454 g/mol. The molecule has 8 heteroatoms. The first-order valence-corrected chi connectivity index (χ1v) is 11.0. The van der Waals surface area contributed by atoms with Crippen molar-refractivity contribution in [2.75, 3.05) is 6.61 Å². The normalized spacial score (nSPS) is 16.6. The van der Waals surface area contributed by atoms with Crippen molar-refractivity contribution in [1.29, 1.82) is 0 Å². The Morgan fingerprint density at radius 2 is 1.65 bits per heavy atom. The minimum Gasteiger partial charge on any atom is -0.376 e. The van der Waals surface area contributed by atoms with Crippen molar-refractivity contribution in [3.05, 3.63) is 75.3 Å². The Bertz CT molecular complexity index is 1270. The number of nitrogens with zero attached hydrogens (tertiary/aromatic N) is 4. The zero-order valence-corrected chi connectivity index (χ0v) is 18.2. The predicted octanol–water partition coefficient (Wildman–Crippen LogP) is 5.10. The van der Waals surface area contributed by atoms with Gasteiger partial charge in [0.15, 0.2) is 5.65 Å². The summed E-state index contributed by atoms with van der Waals surface area (Å²) in [6.07, 6.45) is 4.77. The van der Waals surface area contributed by atoms with E-state index in [9.17, 15) is 4.79 Å². The fourth-order valence-corrected chi connectivity index (χ4v) is 4.22. The summed E-state index contributed by atoms with van der Waals surface area (Å²) in [6.45, 7) is 1.14. The van der Waals surface area contributed by atoms with Gasteiger partial charge in [0.2, 0.25) is 0 Å². The van der Waals surface area contributed by atoms with Gasteiger partial charge >= 0.3 is 5.69 Å². The summed E-state index contributed by atoms with van der Waals surface area (Å²) in [5.74, 6) is 0. The summed E-state index contributed by atoms with van der Waals surface area (Å²) in [4.78, 5) is 13.0. The van der Waals surface area contributed by atoms with Crippen molar-refractivity contribution in [2.45, 2.75) is 31.9 Å². The van der Waals surface area contributed by atoms with Crippen molar-refractivity contribution in [3.63, 3.8) is 0 Å². The number of halogens is 2. The van der Waals surface area contributed by atoms with Crippen molar-refractivity contribution in [2.24, 2.45) is 0 Å². The van der Waals surface area contributed by atoms with E-state index in [-0.39, 0.29) is 11.8 Å². The first kappa shape index (κ1) is 20.2. The van der Waals surface area contributed by atoms with Gasteiger partial charge in [-0.3, -0.25) is 0 Å². The molecule has 1 atom stereocenters. The van der Waals surface area contributed by atoms with Crippen LogP contribution < -0.4 is 5.69 Å². The summed E-state index contributed by atoms with van der Waals surface area (Å²) < 4.78 is 8.62. The van der Waals surface area contributed by atoms with Gasteiger partial charge in [0.1, 0.15) is 0 Å². The molecule has 1 unspecified atom stereocenters. The molecular weight excluding hydrogens is 435 g/mol. The first-order chi connectivity index (χ1) is 15.1. The van der Waals surface area contributed by atoms with E-state index in [1.165, 1.54) is 9.20 Å². The SMILES string of the molecule is O=c1n(CC2CCCCO2)nc2c(-c3ccc(Cl)cc3)c(-c3ccc(Cl)cc3)cnn12. The van der Waals surface area contributed by atoms with Crippen LogP contribution in [0.5, 0.6) is 0 Å². The topological polar surface area (TPSA) is 61.4 Å². The molecule has 2 aromatic carbocycles. The fourth-order valence-electron chi connectivity index (χ4n) is 3.97. The molecule has 0 spiro atoms. The van der Waals surface area contributed by atoms with Crippen molar-refractivity contribution >= 4 is 28.8 Å². The van der Waals surface area contributed by atoms with Gasteiger partial charge in [-0.15, -0.1) is 5.10 Å². The van der Waals surface area contributed by atoms with E-state index < -0.39 is 0 Å². The highest BCUT2D eigenvalue weighted by atomic mass is 35.5. The van der Waals surface area contributed by atoms with Crippen LogP contribution in [-0.2, 0) is 11.3 Å². The maximum Gasteiger partial charge on any atom is 0.367 e. The number of ether oxygens (including phenoxy) is 1. The molecule has 31 heavy (non-hydrogen) atoms. The average Bonchev–Trinajstić information content (AvgIpc) is 3.10. The van der Waals surface area contributed by atoms with Crippen LogP contribution in [0.1, 0.15) is 19.3 Å². The number of benzene rings is 2. The van der Waals surface area contributed by atoms with E-state index in [0.29, 0.717) is 22.2 Å². The lowest BCUT2D eigenvalue weighted by Gasteiger charge is -2.21. The molecule has 1 aliphatic rings. The number of hydrogen-bond donors (Lipinski definition) is 0. The number of rotatable bonds is 4. The van der Waals surface area contributed by atoms with Crippen LogP contribution >= 0.6 is 23.2 Å². The van der Waals surface area contributed by atoms with Gasteiger partial charge < -0.3 is 4.74 Å². The zero-order valence-electron chi connectivity index (χ0n) is 16.7. The van der Waals surface area contributed by atoms with Crippen LogP contribution in [0.3, 0.4) is 0 Å². The van der Waals surface area contributed by atoms with Gasteiger partial charge in [0.05, 0.1) is 18.8 Å². The number of hydrogen-bond acceptors (Lipinski definition) is 4. The van der Waals surface area contributed by atoms with E-state index in [1.54, 1.807) is 6.20 Å². The second-order valence-corrected chi connectivity index (χ2v) is 8.51. The molecule has 0 amide bonds. The van der Waals surface area contributed by atoms with Gasteiger partial charge in [-0.1, -0.05) is 47.5 Å². The van der Waals surface area contributed by atoms with Crippen LogP contribution in [0.4, 0.5) is 0 Å². The summed E-state index contributed by atoms with van der Waals surface area (Å²) in [7, 11) is 0. The van der Waals surface area contributed by atoms with Crippen molar-refractivity contribution < 1.29 is 4.74 Å². The molecule has 158 valence electrons. The number of fused-ring (bicyclic) bond motifs is 1. The highest BCUT2D eigenvalue weighted by Crippen LogP contribution is 2.35. The van der Waals surface area contributed by atoms with Gasteiger partial charge in [-0.05, 0) is 54.7 Å². The third-order valence-electron chi connectivity index (χ3n) is 5.55. The van der Waals surface area contributed by atoms with Crippen LogP contribution in [-0.4, -0.2) is 32.1 Å². The Balaban J connectivity index is 1.69. The maximum absolute atomic E-state index is 13.0. The van der Waals surface area contributed by atoms with E-state index in [2.05, 4.69) is 10.2 Å². The van der Waals surface area contributed by atoms with Crippen molar-refractivity contribution in [3.8, 4) is 22.3 Å². The predicted molar refractivity (Wildman–Crippen MR) is 122 cm³/mol. The van der Waals surface area contributed by atoms with E-state index in [0.717, 1.165) is 48.1 Å². The summed E-state index contributed by atoms with van der Waals surface area (Å²) in [6, 6.07) is 15.0. The Morgan fingerprint density at radius 1 is 0.968 bits per heavy atom. The Hall–Kier alpha value is -2.67. The molecule has 5 rings (SSSR count). The maximum atomic E-state index is 13.0. The molecule has 0 radical (unpaired) electrons. The van der Waals surface area contributed by atoms with Gasteiger partial charge in [-0.25, -0.2) is 9.48 Å². The molecule has 1 aliphatic heterocycles. The molecule has 2 aromatic heterocycles. The second kappa shape index (κ2) is 8.46. The third-order valence-corrected chi connectivity index (χ3v) is 6.06. The molecule has 1 saturated heterocycles. The largest absolute Gasteiger partial charge is 0.376 e. The van der Waals surface area contributed by atoms with Gasteiger partial charge in [0.25, 0.3) is 0 Å². The van der Waals surface area contributed by atoms with Crippen molar-refractivity contribution in [1.82, 2.24) is 19.4 Å². The van der Waals surface area contributed by atoms with Gasteiger partial charge in [-0.2, -0.15) is 9.61 Å². The second-order valence-electron chi connectivity index (χ2n) is 7.64. The highest BCUT2D eigenvalue weighted by molar-refractivity contribution is 6.31. The Labute approximate surface area is 189 Å². The third kappa shape index (κ3) is 3.99. The summed E-state index contributed by atoms with van der Waals surface area (Å²) in [5.41, 5.74) is 3.72. The smallest absolute Gasteiger partial charge is 0.367 e. The fraction of sp³-hybridized carbons (Fsp3) is 0.261. The Kier molecular flexibility index (Phi) is 5.52. The lowest BCUT2D eigenvalue weighted by Crippen LogP contribution is -2.31. The first-order valence-electron chi connectivity index (χ1n) is 10.2. The molecule has 6 nitrogen and oxygen atoms in total. The molecule has 0 bridgehead atoms. The van der Waals surface area contributed by atoms with E-state index >= 15 is 0 Å². The standard InChI is InChI=1S/C23H20Cl2N4O2/c24-17-8-4-15(5-9-17)20-13-26-29-22(21(20)16-6-10-18(25)11-7-16)27-28(23(29)30)14-19-3-1-2-12-31-19/h4-11,13,19H,1-3,12,14H2. The average molecular weight is 455 g/mol. The lowest BCUT2D eigenvalue weighted by molar-refractivity contribution is 0.00338. The summed E-state index contributed by atoms with van der Waals surface area (Å²) in [5, 5.41) is 10.4. The Morgan fingerprint density at radius 3 is 2.29 bits per heavy atom. The molecule has 0 aliphatic carbocycles. The van der Waals surface area contributed by atoms with Crippen LogP contribution in [0, 0.1) is 0 Å². The molecule has 0 saturated carbocycles. The molecular formula is C23H20Cl2N4O2. The van der Waals surface area contributed by atoms with Crippen LogP contribution in [0.2, 0.25) is 10.0 Å². The molecule has 1 fully saturated rings. The highest BCUT2D eigenvalue weighted by Gasteiger charge is 2.21. The number of aromatic nitrogens is 4. The van der Waals surface area contributed by atoms with Gasteiger partial charge in [0, 0.05) is 27.8 Å². The zero-order chi connectivity index (χ0) is 21.4.